The highest BCUT2D eigenvalue weighted by Crippen LogP contribution is 2.31. The first-order valence-corrected chi connectivity index (χ1v) is 10.1. The Labute approximate surface area is 174 Å². The van der Waals surface area contributed by atoms with Crippen LogP contribution in [-0.2, 0) is 10.0 Å². The molecule has 2 aromatic carbocycles. The lowest BCUT2D eigenvalue weighted by Crippen LogP contribution is -2.31. The van der Waals surface area contributed by atoms with E-state index in [4.69, 9.17) is 34.8 Å². The molecule has 3 aromatic rings. The smallest absolute Gasteiger partial charge is 0.266 e. The highest BCUT2D eigenvalue weighted by Gasteiger charge is 2.24. The molecule has 0 unspecified atom stereocenters. The number of halogens is 4. The average molecular weight is 464 g/mol. The van der Waals surface area contributed by atoms with E-state index in [1.807, 2.05) is 4.72 Å². The standard InChI is InChI=1S/C16H10Cl3FN4O3S/c1-8-15(16(25)22-28(26,27)10-4-2-9(20)3-5-10)21-23-24(8)14-7-12(18)11(17)6-13(14)19/h2-7H,1H3,(H,22,25). The van der Waals surface area contributed by atoms with E-state index in [0.717, 1.165) is 24.3 Å². The first-order valence-electron chi connectivity index (χ1n) is 7.50. The lowest BCUT2D eigenvalue weighted by atomic mass is 10.3. The van der Waals surface area contributed by atoms with Crippen LogP contribution in [0.1, 0.15) is 16.2 Å². The molecule has 0 aliphatic heterocycles. The minimum atomic E-state index is -4.22. The molecule has 1 heterocycles. The van der Waals surface area contributed by atoms with E-state index in [9.17, 15) is 17.6 Å². The van der Waals surface area contributed by atoms with Crippen molar-refractivity contribution in [2.75, 3.05) is 0 Å². The lowest BCUT2D eigenvalue weighted by molar-refractivity contribution is 0.0976. The average Bonchev–Trinajstić information content (AvgIpc) is 2.99. The molecular formula is C16H10Cl3FN4O3S. The van der Waals surface area contributed by atoms with E-state index >= 15 is 0 Å². The first kappa shape index (κ1) is 20.5. The van der Waals surface area contributed by atoms with Crippen molar-refractivity contribution in [3.63, 3.8) is 0 Å². The molecule has 0 bridgehead atoms. The third-order valence-electron chi connectivity index (χ3n) is 3.68. The molecule has 0 aliphatic rings. The molecule has 0 atom stereocenters. The minimum absolute atomic E-state index is 0.202. The summed E-state index contributed by atoms with van der Waals surface area (Å²) in [5.41, 5.74) is 0.279. The molecule has 12 heteroatoms. The van der Waals surface area contributed by atoms with Gasteiger partial charge in [0.15, 0.2) is 5.69 Å². The van der Waals surface area contributed by atoms with Gasteiger partial charge in [-0.25, -0.2) is 22.2 Å². The number of sulfonamides is 1. The Morgan fingerprint density at radius 3 is 2.32 bits per heavy atom. The maximum atomic E-state index is 13.0. The van der Waals surface area contributed by atoms with Gasteiger partial charge < -0.3 is 0 Å². The van der Waals surface area contributed by atoms with Gasteiger partial charge in [0.1, 0.15) is 5.82 Å². The van der Waals surface area contributed by atoms with Gasteiger partial charge >= 0.3 is 0 Å². The number of nitrogens with zero attached hydrogens (tertiary/aromatic N) is 3. The number of hydrogen-bond donors (Lipinski definition) is 1. The van der Waals surface area contributed by atoms with Gasteiger partial charge in [-0.1, -0.05) is 40.0 Å². The van der Waals surface area contributed by atoms with Gasteiger partial charge in [0.2, 0.25) is 0 Å². The summed E-state index contributed by atoms with van der Waals surface area (Å²) in [6, 6.07) is 6.83. The molecule has 28 heavy (non-hydrogen) atoms. The quantitative estimate of drug-likeness (QED) is 0.594. The number of hydrogen-bond acceptors (Lipinski definition) is 5. The van der Waals surface area contributed by atoms with Crippen molar-refractivity contribution in [2.45, 2.75) is 11.8 Å². The van der Waals surface area contributed by atoms with Crippen LogP contribution in [0.5, 0.6) is 0 Å². The second-order valence-corrected chi connectivity index (χ2v) is 8.45. The molecule has 1 N–H and O–H groups in total. The van der Waals surface area contributed by atoms with Crippen molar-refractivity contribution < 1.29 is 17.6 Å². The maximum absolute atomic E-state index is 13.0. The number of benzene rings is 2. The van der Waals surface area contributed by atoms with Crippen LogP contribution in [0.2, 0.25) is 15.1 Å². The highest BCUT2D eigenvalue weighted by atomic mass is 35.5. The van der Waals surface area contributed by atoms with Crippen molar-refractivity contribution in [3.05, 3.63) is 68.7 Å². The Morgan fingerprint density at radius 1 is 1.07 bits per heavy atom. The number of amides is 1. The summed E-state index contributed by atoms with van der Waals surface area (Å²) in [6.45, 7) is 1.50. The van der Waals surface area contributed by atoms with E-state index in [-0.39, 0.29) is 31.4 Å². The summed E-state index contributed by atoms with van der Waals surface area (Å²) in [6.07, 6.45) is 0. The Hall–Kier alpha value is -2.20. The van der Waals surface area contributed by atoms with E-state index in [0.29, 0.717) is 5.69 Å². The number of nitrogens with one attached hydrogen (secondary N) is 1. The van der Waals surface area contributed by atoms with Crippen molar-refractivity contribution in [3.8, 4) is 5.69 Å². The predicted octanol–water partition coefficient (Wildman–Crippen LogP) is 3.79. The normalized spacial score (nSPS) is 11.5. The van der Waals surface area contributed by atoms with Crippen LogP contribution in [-0.4, -0.2) is 29.3 Å². The van der Waals surface area contributed by atoms with Crippen LogP contribution in [0.3, 0.4) is 0 Å². The number of carbonyl (C=O) groups is 1. The SMILES string of the molecule is Cc1c(C(=O)NS(=O)(=O)c2ccc(F)cc2)nnn1-c1cc(Cl)c(Cl)cc1Cl. The fraction of sp³-hybridized carbons (Fsp3) is 0.0625. The molecule has 3 rings (SSSR count). The Balaban J connectivity index is 1.92. The first-order chi connectivity index (χ1) is 13.1. The molecule has 0 aliphatic carbocycles. The van der Waals surface area contributed by atoms with Gasteiger partial charge in [-0.15, -0.1) is 5.10 Å². The van der Waals surface area contributed by atoms with Crippen LogP contribution in [0.25, 0.3) is 5.69 Å². The van der Waals surface area contributed by atoms with Gasteiger partial charge in [0.05, 0.1) is 31.3 Å². The van der Waals surface area contributed by atoms with E-state index in [1.54, 1.807) is 0 Å². The molecule has 0 fully saturated rings. The number of rotatable bonds is 4. The zero-order chi connectivity index (χ0) is 20.6. The van der Waals surface area contributed by atoms with Gasteiger partial charge in [-0.2, -0.15) is 0 Å². The second kappa shape index (κ2) is 7.67. The van der Waals surface area contributed by atoms with Gasteiger partial charge in [0.25, 0.3) is 15.9 Å². The summed E-state index contributed by atoms with van der Waals surface area (Å²) < 4.78 is 40.6. The van der Waals surface area contributed by atoms with Gasteiger partial charge in [-0.3, -0.25) is 4.79 Å². The van der Waals surface area contributed by atoms with Crippen LogP contribution >= 0.6 is 34.8 Å². The third kappa shape index (κ3) is 3.97. The summed E-state index contributed by atoms with van der Waals surface area (Å²) in [7, 11) is -4.22. The molecule has 7 nitrogen and oxygen atoms in total. The minimum Gasteiger partial charge on any atom is -0.266 e. The van der Waals surface area contributed by atoms with Gasteiger partial charge in [0, 0.05) is 0 Å². The van der Waals surface area contributed by atoms with E-state index < -0.39 is 21.7 Å². The molecule has 0 saturated heterocycles. The van der Waals surface area contributed by atoms with Gasteiger partial charge in [-0.05, 0) is 43.3 Å². The van der Waals surface area contributed by atoms with Crippen molar-refractivity contribution in [2.24, 2.45) is 0 Å². The number of carbonyl (C=O) groups excluding carboxylic acids is 1. The summed E-state index contributed by atoms with van der Waals surface area (Å²) in [5, 5.41) is 8.19. The third-order valence-corrected chi connectivity index (χ3v) is 6.05. The van der Waals surface area contributed by atoms with Crippen LogP contribution in [0.15, 0.2) is 41.3 Å². The maximum Gasteiger partial charge on any atom is 0.287 e. The molecular weight excluding hydrogens is 454 g/mol. The fourth-order valence-electron chi connectivity index (χ4n) is 2.29. The van der Waals surface area contributed by atoms with Crippen molar-refractivity contribution >= 4 is 50.7 Å². The highest BCUT2D eigenvalue weighted by molar-refractivity contribution is 7.90. The van der Waals surface area contributed by atoms with Crippen LogP contribution < -0.4 is 4.72 Å². The molecule has 0 spiro atoms. The molecule has 146 valence electrons. The summed E-state index contributed by atoms with van der Waals surface area (Å²) in [4.78, 5) is 12.1. The van der Waals surface area contributed by atoms with Crippen molar-refractivity contribution in [1.82, 2.24) is 19.7 Å². The van der Waals surface area contributed by atoms with Crippen LogP contribution in [0, 0.1) is 12.7 Å². The Bertz CT molecular complexity index is 1180. The van der Waals surface area contributed by atoms with Crippen molar-refractivity contribution in [1.29, 1.82) is 0 Å². The van der Waals surface area contributed by atoms with E-state index in [1.165, 1.54) is 23.7 Å². The zero-order valence-electron chi connectivity index (χ0n) is 14.0. The summed E-state index contributed by atoms with van der Waals surface area (Å²) in [5.74, 6) is -1.62. The number of aromatic nitrogens is 3. The van der Waals surface area contributed by atoms with Crippen LogP contribution in [0.4, 0.5) is 4.39 Å². The van der Waals surface area contributed by atoms with E-state index in [2.05, 4.69) is 10.3 Å². The second-order valence-electron chi connectivity index (χ2n) is 5.54. The largest absolute Gasteiger partial charge is 0.287 e. The lowest BCUT2D eigenvalue weighted by Gasteiger charge is -2.08. The fourth-order valence-corrected chi connectivity index (χ4v) is 3.86. The Morgan fingerprint density at radius 2 is 1.68 bits per heavy atom. The topological polar surface area (TPSA) is 93.9 Å². The summed E-state index contributed by atoms with van der Waals surface area (Å²) >= 11 is 18.0. The molecule has 1 aromatic heterocycles. The Kier molecular flexibility index (Phi) is 5.62. The zero-order valence-corrected chi connectivity index (χ0v) is 17.0. The molecule has 0 saturated carbocycles. The molecule has 1 amide bonds. The predicted molar refractivity (Wildman–Crippen MR) is 102 cm³/mol. The molecule has 0 radical (unpaired) electrons. The monoisotopic (exact) mass is 462 g/mol.